The monoisotopic (exact) mass is 480 g/mol. The molecule has 2 aliphatic rings. The molecule has 2 N–H and O–H groups in total. The lowest BCUT2D eigenvalue weighted by Gasteiger charge is -2.42. The van der Waals surface area contributed by atoms with Crippen LogP contribution < -0.4 is 15.4 Å². The van der Waals surface area contributed by atoms with E-state index < -0.39 is 0 Å². The summed E-state index contributed by atoms with van der Waals surface area (Å²) in [5, 5.41) is 5.75. The number of hydrogen-bond donors (Lipinski definition) is 2. The van der Waals surface area contributed by atoms with Crippen molar-refractivity contribution in [2.24, 2.45) is 0 Å². The van der Waals surface area contributed by atoms with Gasteiger partial charge in [-0.25, -0.2) is 0 Å². The normalized spacial score (nSPS) is 21.6. The topological polar surface area (TPSA) is 110 Å². The van der Waals surface area contributed by atoms with Crippen LogP contribution in [0.3, 0.4) is 0 Å². The third kappa shape index (κ3) is 6.16. The van der Waals surface area contributed by atoms with Gasteiger partial charge in [-0.2, -0.15) is 0 Å². The number of pyridine rings is 1. The number of nitrogens with one attached hydrogen (secondary N) is 2. The van der Waals surface area contributed by atoms with Crippen LogP contribution in [0.4, 0.5) is 5.69 Å². The molecule has 35 heavy (non-hydrogen) atoms. The van der Waals surface area contributed by atoms with Gasteiger partial charge in [0.1, 0.15) is 18.5 Å². The quantitative estimate of drug-likeness (QED) is 0.630. The van der Waals surface area contributed by atoms with Crippen LogP contribution in [0.15, 0.2) is 42.7 Å². The van der Waals surface area contributed by atoms with E-state index >= 15 is 0 Å². The number of hydrogen-bond acceptors (Lipinski definition) is 6. The smallest absolute Gasteiger partial charge is 0.257 e. The molecule has 0 bridgehead atoms. The summed E-state index contributed by atoms with van der Waals surface area (Å²) in [4.78, 5) is 43.2. The standard InChI is InChI=1S/C26H32N4O5/c1-3-24(31)29-18-4-7-22-20(14-18)26(33)30(2)21-6-5-19(35-23(21)16-34-22)15-25(32)28-13-10-17-8-11-27-12-9-17/h4,7-9,11-12,14,19,21,23H,3,5-6,10,13,15-16H2,1-2H3,(H,28,32)(H,29,31)/t19-,21-,23-/m1/s1. The first-order chi connectivity index (χ1) is 16.9. The summed E-state index contributed by atoms with van der Waals surface area (Å²) >= 11 is 0. The highest BCUT2D eigenvalue weighted by Gasteiger charge is 2.39. The van der Waals surface area contributed by atoms with Crippen molar-refractivity contribution >= 4 is 23.4 Å². The summed E-state index contributed by atoms with van der Waals surface area (Å²) in [7, 11) is 1.77. The minimum Gasteiger partial charge on any atom is -0.490 e. The first-order valence-electron chi connectivity index (χ1n) is 12.1. The van der Waals surface area contributed by atoms with E-state index in [0.29, 0.717) is 42.8 Å². The van der Waals surface area contributed by atoms with Gasteiger partial charge in [-0.1, -0.05) is 6.92 Å². The summed E-state index contributed by atoms with van der Waals surface area (Å²) in [6.45, 7) is 2.60. The highest BCUT2D eigenvalue weighted by Crippen LogP contribution is 2.32. The van der Waals surface area contributed by atoms with Gasteiger partial charge >= 0.3 is 0 Å². The lowest BCUT2D eigenvalue weighted by Crippen LogP contribution is -2.54. The van der Waals surface area contributed by atoms with Crippen molar-refractivity contribution in [3.8, 4) is 5.75 Å². The van der Waals surface area contributed by atoms with Crippen LogP contribution in [-0.2, 0) is 20.7 Å². The van der Waals surface area contributed by atoms with Gasteiger partial charge < -0.3 is 25.0 Å². The molecule has 0 spiro atoms. The number of ether oxygens (including phenoxy) is 2. The van der Waals surface area contributed by atoms with Crippen molar-refractivity contribution in [1.82, 2.24) is 15.2 Å². The van der Waals surface area contributed by atoms with Gasteiger partial charge in [0, 0.05) is 38.1 Å². The fourth-order valence-electron chi connectivity index (χ4n) is 4.53. The molecule has 9 heteroatoms. The third-order valence-corrected chi connectivity index (χ3v) is 6.51. The molecule has 0 unspecified atom stereocenters. The SMILES string of the molecule is CCC(=O)Nc1ccc2c(c1)C(=O)N(C)[C@@H]1CC[C@H](CC(=O)NCCc3ccncc3)O[C@@H]1CO2. The number of benzene rings is 1. The molecule has 9 nitrogen and oxygen atoms in total. The van der Waals surface area contributed by atoms with Gasteiger partial charge in [0.05, 0.1) is 24.1 Å². The van der Waals surface area contributed by atoms with Crippen molar-refractivity contribution in [1.29, 1.82) is 0 Å². The first-order valence-corrected chi connectivity index (χ1v) is 12.1. The van der Waals surface area contributed by atoms with E-state index in [4.69, 9.17) is 9.47 Å². The van der Waals surface area contributed by atoms with E-state index in [1.54, 1.807) is 49.5 Å². The predicted molar refractivity (Wildman–Crippen MR) is 130 cm³/mol. The van der Waals surface area contributed by atoms with Gasteiger partial charge in [-0.3, -0.25) is 19.4 Å². The minimum absolute atomic E-state index is 0.0503. The Hall–Kier alpha value is -3.46. The zero-order valence-corrected chi connectivity index (χ0v) is 20.2. The van der Waals surface area contributed by atoms with E-state index in [9.17, 15) is 14.4 Å². The number of anilines is 1. The fourth-order valence-corrected chi connectivity index (χ4v) is 4.53. The highest BCUT2D eigenvalue weighted by atomic mass is 16.5. The van der Waals surface area contributed by atoms with Crippen LogP contribution >= 0.6 is 0 Å². The molecule has 1 aromatic heterocycles. The summed E-state index contributed by atoms with van der Waals surface area (Å²) in [6.07, 6.45) is 5.68. The molecular formula is C26H32N4O5. The number of aromatic nitrogens is 1. The summed E-state index contributed by atoms with van der Waals surface area (Å²) in [5.74, 6) is 0.101. The van der Waals surface area contributed by atoms with Gasteiger partial charge in [-0.15, -0.1) is 0 Å². The molecule has 186 valence electrons. The van der Waals surface area contributed by atoms with Crippen LogP contribution in [-0.4, -0.2) is 66.1 Å². The molecule has 0 saturated carbocycles. The maximum atomic E-state index is 13.3. The van der Waals surface area contributed by atoms with Gasteiger partial charge in [0.15, 0.2) is 0 Å². The van der Waals surface area contributed by atoms with E-state index in [1.165, 1.54) is 0 Å². The molecule has 1 fully saturated rings. The number of carbonyl (C=O) groups is 3. The molecule has 1 saturated heterocycles. The molecule has 0 radical (unpaired) electrons. The first kappa shape index (κ1) is 24.7. The number of fused-ring (bicyclic) bond motifs is 2. The van der Waals surface area contributed by atoms with Crippen molar-refractivity contribution < 1.29 is 23.9 Å². The average molecular weight is 481 g/mol. The molecule has 3 atom stereocenters. The molecule has 3 amide bonds. The van der Waals surface area contributed by atoms with Gasteiger partial charge in [-0.05, 0) is 55.2 Å². The maximum Gasteiger partial charge on any atom is 0.257 e. The number of amides is 3. The molecule has 2 aliphatic heterocycles. The van der Waals surface area contributed by atoms with E-state index in [0.717, 1.165) is 12.0 Å². The fraction of sp³-hybridized carbons (Fsp3) is 0.462. The Labute approximate surface area is 205 Å². The Bertz CT molecular complexity index is 1060. The Kier molecular flexibility index (Phi) is 7.97. The summed E-state index contributed by atoms with van der Waals surface area (Å²) in [6, 6.07) is 8.79. The summed E-state index contributed by atoms with van der Waals surface area (Å²) in [5.41, 5.74) is 2.10. The third-order valence-electron chi connectivity index (χ3n) is 6.51. The molecule has 1 aromatic carbocycles. The van der Waals surface area contributed by atoms with Crippen molar-refractivity contribution in [2.75, 3.05) is 25.5 Å². The Morgan fingerprint density at radius 1 is 1.14 bits per heavy atom. The minimum atomic E-state index is -0.333. The van der Waals surface area contributed by atoms with Crippen LogP contribution in [0.1, 0.15) is 48.5 Å². The van der Waals surface area contributed by atoms with Crippen LogP contribution in [0.2, 0.25) is 0 Å². The number of likely N-dealkylation sites (N-methyl/N-ethyl adjacent to an activating group) is 1. The molecular weight excluding hydrogens is 448 g/mol. The lowest BCUT2D eigenvalue weighted by molar-refractivity contribution is -0.134. The molecule has 3 heterocycles. The average Bonchev–Trinajstić information content (AvgIpc) is 2.87. The zero-order valence-electron chi connectivity index (χ0n) is 20.2. The van der Waals surface area contributed by atoms with Crippen molar-refractivity contribution in [2.45, 2.75) is 57.3 Å². The van der Waals surface area contributed by atoms with Gasteiger partial charge in [0.25, 0.3) is 5.91 Å². The second kappa shape index (κ2) is 11.3. The van der Waals surface area contributed by atoms with Gasteiger partial charge in [0.2, 0.25) is 11.8 Å². The Morgan fingerprint density at radius 3 is 2.71 bits per heavy atom. The van der Waals surface area contributed by atoms with Crippen molar-refractivity contribution in [3.05, 3.63) is 53.9 Å². The van der Waals surface area contributed by atoms with Crippen LogP contribution in [0, 0.1) is 0 Å². The second-order valence-electron chi connectivity index (χ2n) is 8.94. The number of carbonyl (C=O) groups excluding carboxylic acids is 3. The number of nitrogens with zero attached hydrogens (tertiary/aromatic N) is 2. The van der Waals surface area contributed by atoms with E-state index in [-0.39, 0.29) is 49.0 Å². The molecule has 4 rings (SSSR count). The highest BCUT2D eigenvalue weighted by molar-refractivity contribution is 5.99. The van der Waals surface area contributed by atoms with Crippen LogP contribution in [0.5, 0.6) is 5.75 Å². The Balaban J connectivity index is 1.35. The Morgan fingerprint density at radius 2 is 1.94 bits per heavy atom. The van der Waals surface area contributed by atoms with E-state index in [1.807, 2.05) is 12.1 Å². The number of rotatable bonds is 7. The lowest BCUT2D eigenvalue weighted by atomic mass is 9.94. The summed E-state index contributed by atoms with van der Waals surface area (Å²) < 4.78 is 12.2. The van der Waals surface area contributed by atoms with Crippen LogP contribution in [0.25, 0.3) is 0 Å². The maximum absolute atomic E-state index is 13.3. The molecule has 2 aromatic rings. The van der Waals surface area contributed by atoms with Crippen molar-refractivity contribution in [3.63, 3.8) is 0 Å². The second-order valence-corrected chi connectivity index (χ2v) is 8.94. The zero-order chi connectivity index (χ0) is 24.8. The largest absolute Gasteiger partial charge is 0.490 e. The van der Waals surface area contributed by atoms with E-state index in [2.05, 4.69) is 15.6 Å². The molecule has 0 aliphatic carbocycles. The predicted octanol–water partition coefficient (Wildman–Crippen LogP) is 2.56.